The van der Waals surface area contributed by atoms with Gasteiger partial charge in [-0.2, -0.15) is 5.26 Å². The van der Waals surface area contributed by atoms with Gasteiger partial charge in [0.25, 0.3) is 0 Å². The Morgan fingerprint density at radius 3 is 2.64 bits per heavy atom. The first-order chi connectivity index (χ1) is 6.65. The van der Waals surface area contributed by atoms with Gasteiger partial charge < -0.3 is 5.73 Å². The largest absolute Gasteiger partial charge is 0.324 e. The number of aryl methyl sites for hydroxylation is 2. The average molecular weight is 188 g/mol. The molecule has 1 rings (SSSR count). The number of benzene rings is 1. The van der Waals surface area contributed by atoms with E-state index in [0.717, 1.165) is 12.0 Å². The molecule has 0 heterocycles. The number of nitrogens with two attached hydrogens (primary N) is 1. The molecule has 1 atom stereocenters. The van der Waals surface area contributed by atoms with E-state index in [1.54, 1.807) is 0 Å². The standard InChI is InChI=1S/C12H16N2/c1-9-5-6-11(8-10(9)2)12(14)4-3-7-13/h5-6,8,12H,3-4,14H2,1-2H3. The third-order valence-electron chi connectivity index (χ3n) is 2.53. The fourth-order valence-corrected chi connectivity index (χ4v) is 1.38. The van der Waals surface area contributed by atoms with Crippen LogP contribution in [0.15, 0.2) is 18.2 Å². The van der Waals surface area contributed by atoms with Crippen LogP contribution in [-0.4, -0.2) is 0 Å². The van der Waals surface area contributed by atoms with Gasteiger partial charge in [0, 0.05) is 12.5 Å². The highest BCUT2D eigenvalue weighted by molar-refractivity contribution is 5.31. The van der Waals surface area contributed by atoms with E-state index in [1.807, 2.05) is 6.07 Å². The van der Waals surface area contributed by atoms with Crippen molar-refractivity contribution in [1.82, 2.24) is 0 Å². The Hall–Kier alpha value is -1.33. The van der Waals surface area contributed by atoms with E-state index in [9.17, 15) is 0 Å². The molecule has 14 heavy (non-hydrogen) atoms. The Labute approximate surface area is 85.4 Å². The van der Waals surface area contributed by atoms with Crippen molar-refractivity contribution in [3.63, 3.8) is 0 Å². The highest BCUT2D eigenvalue weighted by Crippen LogP contribution is 2.18. The molecule has 2 nitrogen and oxygen atoms in total. The van der Waals surface area contributed by atoms with Crippen molar-refractivity contribution < 1.29 is 0 Å². The Morgan fingerprint density at radius 1 is 1.36 bits per heavy atom. The van der Waals surface area contributed by atoms with Crippen molar-refractivity contribution in [2.24, 2.45) is 5.73 Å². The molecule has 2 N–H and O–H groups in total. The van der Waals surface area contributed by atoms with Gasteiger partial charge in [-0.05, 0) is 37.0 Å². The molecule has 0 amide bonds. The molecule has 1 unspecified atom stereocenters. The molecule has 0 saturated heterocycles. The van der Waals surface area contributed by atoms with E-state index in [-0.39, 0.29) is 6.04 Å². The zero-order chi connectivity index (χ0) is 10.6. The van der Waals surface area contributed by atoms with Crippen LogP contribution in [-0.2, 0) is 0 Å². The molecular weight excluding hydrogens is 172 g/mol. The summed E-state index contributed by atoms with van der Waals surface area (Å²) < 4.78 is 0. The van der Waals surface area contributed by atoms with Crippen LogP contribution in [0.2, 0.25) is 0 Å². The first kappa shape index (κ1) is 10.7. The number of hydrogen-bond acceptors (Lipinski definition) is 2. The maximum absolute atomic E-state index is 8.46. The lowest BCUT2D eigenvalue weighted by Gasteiger charge is -2.11. The van der Waals surface area contributed by atoms with Crippen LogP contribution in [0.1, 0.15) is 35.6 Å². The summed E-state index contributed by atoms with van der Waals surface area (Å²) >= 11 is 0. The smallest absolute Gasteiger partial charge is 0.0622 e. The second-order valence-electron chi connectivity index (χ2n) is 3.65. The molecular formula is C12H16N2. The minimum Gasteiger partial charge on any atom is -0.324 e. The first-order valence-electron chi connectivity index (χ1n) is 4.85. The lowest BCUT2D eigenvalue weighted by molar-refractivity contribution is 0.664. The second-order valence-corrected chi connectivity index (χ2v) is 3.65. The van der Waals surface area contributed by atoms with E-state index in [2.05, 4.69) is 32.0 Å². The van der Waals surface area contributed by atoms with Crippen LogP contribution in [0.5, 0.6) is 0 Å². The second kappa shape index (κ2) is 4.78. The maximum Gasteiger partial charge on any atom is 0.0622 e. The fraction of sp³-hybridized carbons (Fsp3) is 0.417. The molecule has 0 radical (unpaired) electrons. The average Bonchev–Trinajstić information content (AvgIpc) is 2.18. The Balaban J connectivity index is 2.76. The molecule has 0 aliphatic rings. The first-order valence-corrected chi connectivity index (χ1v) is 4.85. The lowest BCUT2D eigenvalue weighted by Crippen LogP contribution is -2.10. The highest BCUT2D eigenvalue weighted by atomic mass is 14.6. The molecule has 0 saturated carbocycles. The summed E-state index contributed by atoms with van der Waals surface area (Å²) in [4.78, 5) is 0. The molecule has 2 heteroatoms. The molecule has 0 aromatic heterocycles. The Morgan fingerprint density at radius 2 is 2.07 bits per heavy atom. The van der Waals surface area contributed by atoms with Crippen LogP contribution >= 0.6 is 0 Å². The highest BCUT2D eigenvalue weighted by Gasteiger charge is 2.05. The minimum absolute atomic E-state index is 0.00560. The van der Waals surface area contributed by atoms with E-state index in [1.165, 1.54) is 11.1 Å². The quantitative estimate of drug-likeness (QED) is 0.792. The molecule has 1 aromatic rings. The predicted molar refractivity (Wildman–Crippen MR) is 57.7 cm³/mol. The third kappa shape index (κ3) is 2.58. The summed E-state index contributed by atoms with van der Waals surface area (Å²) in [6.45, 7) is 4.16. The van der Waals surface area contributed by atoms with Crippen LogP contribution in [0.4, 0.5) is 0 Å². The zero-order valence-electron chi connectivity index (χ0n) is 8.75. The van der Waals surface area contributed by atoms with E-state index >= 15 is 0 Å². The van der Waals surface area contributed by atoms with E-state index in [0.29, 0.717) is 6.42 Å². The fourth-order valence-electron chi connectivity index (χ4n) is 1.38. The molecule has 0 bridgehead atoms. The lowest BCUT2D eigenvalue weighted by atomic mass is 9.99. The number of nitriles is 1. The topological polar surface area (TPSA) is 49.8 Å². The van der Waals surface area contributed by atoms with Crippen molar-refractivity contribution in [1.29, 1.82) is 5.26 Å². The third-order valence-corrected chi connectivity index (χ3v) is 2.53. The van der Waals surface area contributed by atoms with Crippen molar-refractivity contribution in [2.75, 3.05) is 0 Å². The molecule has 74 valence electrons. The van der Waals surface area contributed by atoms with Gasteiger partial charge in [0.05, 0.1) is 6.07 Å². The van der Waals surface area contributed by atoms with Crippen LogP contribution in [0, 0.1) is 25.2 Å². The van der Waals surface area contributed by atoms with Gasteiger partial charge in [-0.15, -0.1) is 0 Å². The van der Waals surface area contributed by atoms with Gasteiger partial charge in [0.1, 0.15) is 0 Å². The monoisotopic (exact) mass is 188 g/mol. The summed E-state index contributed by atoms with van der Waals surface area (Å²) in [5.41, 5.74) is 9.62. The van der Waals surface area contributed by atoms with Crippen LogP contribution in [0.3, 0.4) is 0 Å². The van der Waals surface area contributed by atoms with Crippen LogP contribution in [0.25, 0.3) is 0 Å². The zero-order valence-corrected chi connectivity index (χ0v) is 8.75. The number of nitrogens with zero attached hydrogens (tertiary/aromatic N) is 1. The summed E-state index contributed by atoms with van der Waals surface area (Å²) in [6, 6.07) is 8.34. The molecule has 0 fully saturated rings. The van der Waals surface area contributed by atoms with E-state index in [4.69, 9.17) is 11.0 Å². The van der Waals surface area contributed by atoms with Crippen molar-refractivity contribution in [3.05, 3.63) is 34.9 Å². The Bertz CT molecular complexity index is 350. The summed E-state index contributed by atoms with van der Waals surface area (Å²) in [5.74, 6) is 0. The molecule has 0 spiro atoms. The van der Waals surface area contributed by atoms with Crippen molar-refractivity contribution in [2.45, 2.75) is 32.7 Å². The van der Waals surface area contributed by atoms with Gasteiger partial charge in [-0.3, -0.25) is 0 Å². The van der Waals surface area contributed by atoms with E-state index < -0.39 is 0 Å². The minimum atomic E-state index is -0.00560. The number of rotatable bonds is 3. The van der Waals surface area contributed by atoms with Crippen LogP contribution < -0.4 is 5.73 Å². The van der Waals surface area contributed by atoms with Gasteiger partial charge in [-0.1, -0.05) is 18.2 Å². The Kier molecular flexibility index (Phi) is 3.67. The number of hydrogen-bond donors (Lipinski definition) is 1. The van der Waals surface area contributed by atoms with Crippen molar-refractivity contribution >= 4 is 0 Å². The molecule has 0 aliphatic heterocycles. The SMILES string of the molecule is Cc1ccc(C(N)CCC#N)cc1C. The predicted octanol–water partition coefficient (Wildman–Crippen LogP) is 2.61. The van der Waals surface area contributed by atoms with Gasteiger partial charge >= 0.3 is 0 Å². The summed E-state index contributed by atoms with van der Waals surface area (Å²) in [6.07, 6.45) is 1.26. The summed E-state index contributed by atoms with van der Waals surface area (Å²) in [7, 11) is 0. The van der Waals surface area contributed by atoms with Gasteiger partial charge in [0.2, 0.25) is 0 Å². The van der Waals surface area contributed by atoms with Gasteiger partial charge in [0.15, 0.2) is 0 Å². The molecule has 1 aromatic carbocycles. The summed E-state index contributed by atoms with van der Waals surface area (Å²) in [5, 5.41) is 8.46. The maximum atomic E-state index is 8.46. The normalized spacial score (nSPS) is 12.1. The van der Waals surface area contributed by atoms with Gasteiger partial charge in [-0.25, -0.2) is 0 Å². The molecule has 0 aliphatic carbocycles. The van der Waals surface area contributed by atoms with Crippen molar-refractivity contribution in [3.8, 4) is 6.07 Å².